The predicted molar refractivity (Wildman–Crippen MR) is 113 cm³/mol. The first-order chi connectivity index (χ1) is 15.4. The van der Waals surface area contributed by atoms with Gasteiger partial charge in [0.25, 0.3) is 0 Å². The second-order valence-corrected chi connectivity index (χ2v) is 9.90. The van der Waals surface area contributed by atoms with Crippen LogP contribution >= 0.6 is 11.6 Å². The summed E-state index contributed by atoms with van der Waals surface area (Å²) in [5.74, 6) is -3.90. The largest absolute Gasteiger partial charge is 0.478 e. The van der Waals surface area contributed by atoms with Crippen LogP contribution in [0.5, 0.6) is 0 Å². The minimum atomic E-state index is -4.61. The van der Waals surface area contributed by atoms with Gasteiger partial charge in [-0.2, -0.15) is 17.5 Å². The zero-order valence-electron chi connectivity index (χ0n) is 17.0. The van der Waals surface area contributed by atoms with Crippen molar-refractivity contribution in [2.75, 3.05) is 6.54 Å². The molecule has 2 N–H and O–H groups in total. The van der Waals surface area contributed by atoms with E-state index >= 15 is 0 Å². The number of carboxylic acid groups (broad SMARTS) is 1. The van der Waals surface area contributed by atoms with Crippen molar-refractivity contribution >= 4 is 33.5 Å². The number of amides is 1. The number of nitrogens with zero attached hydrogens (tertiary/aromatic N) is 1. The number of carboxylic acids is 1. The first-order valence-electron chi connectivity index (χ1n) is 9.83. The second-order valence-electron chi connectivity index (χ2n) is 7.58. The summed E-state index contributed by atoms with van der Waals surface area (Å²) in [4.78, 5) is 23.6. The van der Waals surface area contributed by atoms with Gasteiger partial charge in [0.2, 0.25) is 15.9 Å². The Morgan fingerprint density at radius 2 is 1.73 bits per heavy atom. The van der Waals surface area contributed by atoms with E-state index in [1.165, 1.54) is 48.5 Å². The van der Waals surface area contributed by atoms with Crippen molar-refractivity contribution < 1.29 is 36.3 Å². The summed E-state index contributed by atoms with van der Waals surface area (Å²) in [5.41, 5.74) is 0.258. The summed E-state index contributed by atoms with van der Waals surface area (Å²) in [6.07, 6.45) is -5.72. The number of sulfonamides is 1. The normalized spacial score (nSPS) is 19.7. The highest BCUT2D eigenvalue weighted by molar-refractivity contribution is 7.89. The number of hydrogen-bond acceptors (Lipinski definition) is 4. The zero-order valence-corrected chi connectivity index (χ0v) is 18.6. The lowest BCUT2D eigenvalue weighted by atomic mass is 9.97. The first-order valence-corrected chi connectivity index (χ1v) is 11.7. The quantitative estimate of drug-likeness (QED) is 0.624. The molecule has 3 rings (SSSR count). The standard InChI is InChI=1S/C21H20ClF3N2O5S/c22-16-5-7-17(8-6-16)33(31,32)27(12-13-1-3-14(4-2-13)20(29)30)18-11-15(21(23,24)25)9-10-26-19(18)28/h1-8,15,18H,9-12H2,(H,26,28)(H,29,30). The Bertz CT molecular complexity index is 1120. The summed E-state index contributed by atoms with van der Waals surface area (Å²) in [5, 5.41) is 11.7. The Morgan fingerprint density at radius 1 is 1.12 bits per heavy atom. The van der Waals surface area contributed by atoms with Crippen LogP contribution < -0.4 is 5.32 Å². The number of carbonyl (C=O) groups is 2. The third kappa shape index (κ3) is 5.84. The highest BCUT2D eigenvalue weighted by Gasteiger charge is 2.46. The molecule has 2 aromatic carbocycles. The van der Waals surface area contributed by atoms with Gasteiger partial charge in [-0.3, -0.25) is 4.79 Å². The second kappa shape index (κ2) is 9.70. The van der Waals surface area contributed by atoms with Crippen molar-refractivity contribution in [2.45, 2.75) is 36.5 Å². The minimum Gasteiger partial charge on any atom is -0.478 e. The Balaban J connectivity index is 2.06. The highest BCUT2D eigenvalue weighted by Crippen LogP contribution is 2.36. The molecule has 0 aromatic heterocycles. The third-order valence-electron chi connectivity index (χ3n) is 5.37. The molecule has 1 heterocycles. The van der Waals surface area contributed by atoms with Gasteiger partial charge in [0.1, 0.15) is 6.04 Å². The number of halogens is 4. The smallest absolute Gasteiger partial charge is 0.391 e. The van der Waals surface area contributed by atoms with E-state index in [0.717, 1.165) is 4.31 Å². The van der Waals surface area contributed by atoms with Gasteiger partial charge in [0.15, 0.2) is 0 Å². The molecule has 0 radical (unpaired) electrons. The molecule has 33 heavy (non-hydrogen) atoms. The van der Waals surface area contributed by atoms with Crippen molar-refractivity contribution in [3.05, 3.63) is 64.7 Å². The Labute approximate surface area is 193 Å². The van der Waals surface area contributed by atoms with Gasteiger partial charge in [0.05, 0.1) is 16.4 Å². The van der Waals surface area contributed by atoms with Crippen LogP contribution in [0.3, 0.4) is 0 Å². The van der Waals surface area contributed by atoms with Crippen molar-refractivity contribution in [1.82, 2.24) is 9.62 Å². The van der Waals surface area contributed by atoms with Crippen molar-refractivity contribution in [2.24, 2.45) is 5.92 Å². The fourth-order valence-corrected chi connectivity index (χ4v) is 5.28. The number of benzene rings is 2. The molecule has 2 unspecified atom stereocenters. The van der Waals surface area contributed by atoms with E-state index in [2.05, 4.69) is 5.32 Å². The number of hydrogen-bond donors (Lipinski definition) is 2. The lowest BCUT2D eigenvalue weighted by Gasteiger charge is -2.31. The Morgan fingerprint density at radius 3 is 2.27 bits per heavy atom. The van der Waals surface area contributed by atoms with E-state index in [-0.39, 0.29) is 28.4 Å². The Hall–Kier alpha value is -2.63. The average Bonchev–Trinajstić information content (AvgIpc) is 2.94. The van der Waals surface area contributed by atoms with Crippen molar-refractivity contribution in [3.63, 3.8) is 0 Å². The minimum absolute atomic E-state index is 0.0461. The van der Waals surface area contributed by atoms with E-state index in [1.807, 2.05) is 0 Å². The van der Waals surface area contributed by atoms with Gasteiger partial charge in [-0.05, 0) is 54.8 Å². The fourth-order valence-electron chi connectivity index (χ4n) is 3.56. The van der Waals surface area contributed by atoms with Crippen LogP contribution in [0, 0.1) is 5.92 Å². The monoisotopic (exact) mass is 504 g/mol. The van der Waals surface area contributed by atoms with Crippen LogP contribution in [0.25, 0.3) is 0 Å². The lowest BCUT2D eigenvalue weighted by Crippen LogP contribution is -2.49. The highest BCUT2D eigenvalue weighted by atomic mass is 35.5. The summed E-state index contributed by atoms with van der Waals surface area (Å²) in [7, 11) is -4.43. The number of carbonyl (C=O) groups excluding carboxylic acids is 1. The van der Waals surface area contributed by atoms with E-state index < -0.39 is 53.0 Å². The van der Waals surface area contributed by atoms with E-state index in [4.69, 9.17) is 16.7 Å². The van der Waals surface area contributed by atoms with Gasteiger partial charge < -0.3 is 10.4 Å². The van der Waals surface area contributed by atoms with Crippen LogP contribution in [0.1, 0.15) is 28.8 Å². The maximum atomic E-state index is 13.5. The topological polar surface area (TPSA) is 104 Å². The van der Waals surface area contributed by atoms with E-state index in [0.29, 0.717) is 5.56 Å². The predicted octanol–water partition coefficient (Wildman–Crippen LogP) is 3.69. The molecule has 1 fully saturated rings. The summed E-state index contributed by atoms with van der Waals surface area (Å²) >= 11 is 5.83. The van der Waals surface area contributed by atoms with Crippen LogP contribution in [0.15, 0.2) is 53.4 Å². The molecule has 7 nitrogen and oxygen atoms in total. The maximum absolute atomic E-state index is 13.5. The van der Waals surface area contributed by atoms with Crippen molar-refractivity contribution in [3.8, 4) is 0 Å². The average molecular weight is 505 g/mol. The molecular weight excluding hydrogens is 485 g/mol. The first kappa shape index (κ1) is 25.0. The van der Waals surface area contributed by atoms with Gasteiger partial charge >= 0.3 is 12.1 Å². The molecule has 1 saturated heterocycles. The summed E-state index contributed by atoms with van der Waals surface area (Å²) < 4.78 is 68.2. The number of aromatic carboxylic acids is 1. The Kier molecular flexibility index (Phi) is 7.35. The number of alkyl halides is 3. The van der Waals surface area contributed by atoms with Crippen LogP contribution in [-0.4, -0.2) is 48.5 Å². The maximum Gasteiger partial charge on any atom is 0.391 e. The molecule has 0 bridgehead atoms. The molecule has 1 aliphatic heterocycles. The molecule has 0 spiro atoms. The molecule has 0 saturated carbocycles. The molecule has 12 heteroatoms. The molecule has 2 aromatic rings. The summed E-state index contributed by atoms with van der Waals surface area (Å²) in [6, 6.07) is 8.61. The number of nitrogens with one attached hydrogen (secondary N) is 1. The van der Waals surface area contributed by atoms with Gasteiger partial charge in [-0.25, -0.2) is 13.2 Å². The molecule has 1 amide bonds. The molecule has 0 aliphatic carbocycles. The zero-order chi connectivity index (χ0) is 24.4. The lowest BCUT2D eigenvalue weighted by molar-refractivity contribution is -0.179. The molecule has 1 aliphatic rings. The van der Waals surface area contributed by atoms with Crippen molar-refractivity contribution in [1.29, 1.82) is 0 Å². The van der Waals surface area contributed by atoms with Gasteiger partial charge in [-0.1, -0.05) is 23.7 Å². The van der Waals surface area contributed by atoms with Crippen LogP contribution in [-0.2, 0) is 21.4 Å². The number of rotatable bonds is 6. The SMILES string of the molecule is O=C(O)c1ccc(CN(C2CC(C(F)(F)F)CCNC2=O)S(=O)(=O)c2ccc(Cl)cc2)cc1. The van der Waals surface area contributed by atoms with Gasteiger partial charge in [-0.15, -0.1) is 0 Å². The van der Waals surface area contributed by atoms with Crippen LogP contribution in [0.4, 0.5) is 13.2 Å². The molecule has 2 atom stereocenters. The van der Waals surface area contributed by atoms with E-state index in [9.17, 15) is 31.2 Å². The van der Waals surface area contributed by atoms with Crippen LogP contribution in [0.2, 0.25) is 5.02 Å². The summed E-state index contributed by atoms with van der Waals surface area (Å²) in [6.45, 7) is -0.671. The van der Waals surface area contributed by atoms with Gasteiger partial charge in [0, 0.05) is 18.1 Å². The fraction of sp³-hybridized carbons (Fsp3) is 0.333. The molecule has 178 valence electrons. The molecular formula is C21H20ClF3N2O5S. The van der Waals surface area contributed by atoms with E-state index in [1.54, 1.807) is 0 Å². The third-order valence-corrected chi connectivity index (χ3v) is 7.49.